The molecule has 2 bridgehead atoms. The van der Waals surface area contributed by atoms with E-state index in [1.165, 1.54) is 0 Å². The number of nitrogens with zero attached hydrogens (tertiary/aromatic N) is 2. The van der Waals surface area contributed by atoms with E-state index in [-0.39, 0.29) is 49.4 Å². The number of hydrogen-bond acceptors (Lipinski definition) is 5. The van der Waals surface area contributed by atoms with Crippen molar-refractivity contribution in [3.05, 3.63) is 106 Å². The summed E-state index contributed by atoms with van der Waals surface area (Å²) < 4.78 is 46.6. The Balaban J connectivity index is 1.21. The van der Waals surface area contributed by atoms with Crippen molar-refractivity contribution >= 4 is 23.3 Å². The molecule has 6 rings (SSSR count). The molecule has 2 aliphatic heterocycles. The van der Waals surface area contributed by atoms with E-state index >= 15 is 0 Å². The number of nitrogens with one attached hydrogen (secondary N) is 1. The van der Waals surface area contributed by atoms with Crippen molar-refractivity contribution in [3.63, 3.8) is 0 Å². The van der Waals surface area contributed by atoms with Crippen LogP contribution >= 0.6 is 0 Å². The van der Waals surface area contributed by atoms with Gasteiger partial charge in [-0.15, -0.1) is 0 Å². The topological polar surface area (TPSA) is 105 Å². The number of fused-ring (bicyclic) bond motifs is 2. The van der Waals surface area contributed by atoms with Gasteiger partial charge in [0.25, 0.3) is 5.91 Å². The molecular weight excluding hydrogens is 633 g/mol. The van der Waals surface area contributed by atoms with Crippen LogP contribution in [0.25, 0.3) is 5.57 Å². The molecule has 0 aromatic heterocycles. The van der Waals surface area contributed by atoms with E-state index in [2.05, 4.69) is 5.32 Å². The number of nitrogens with two attached hydrogens (primary N) is 1. The van der Waals surface area contributed by atoms with Gasteiger partial charge in [0, 0.05) is 50.1 Å². The quantitative estimate of drug-likeness (QED) is 0.179. The van der Waals surface area contributed by atoms with Crippen LogP contribution in [0.3, 0.4) is 0 Å². The monoisotopic (exact) mass is 674 g/mol. The molecule has 0 spiro atoms. The van der Waals surface area contributed by atoms with Crippen molar-refractivity contribution in [2.45, 2.75) is 76.0 Å². The van der Waals surface area contributed by atoms with E-state index < -0.39 is 29.1 Å². The lowest BCUT2D eigenvalue weighted by molar-refractivity contribution is -0.134. The lowest BCUT2D eigenvalue weighted by atomic mass is 9.82. The second-order valence-electron chi connectivity index (χ2n) is 13.1. The first kappa shape index (κ1) is 34.2. The highest BCUT2D eigenvalue weighted by atomic mass is 19.2. The maximum atomic E-state index is 14.6. The van der Waals surface area contributed by atoms with Gasteiger partial charge in [-0.2, -0.15) is 4.39 Å². The third-order valence-electron chi connectivity index (χ3n) is 9.41. The van der Waals surface area contributed by atoms with Crippen LogP contribution in [0.1, 0.15) is 61.6 Å². The number of piperazine rings is 1. The van der Waals surface area contributed by atoms with Gasteiger partial charge in [-0.1, -0.05) is 54.6 Å². The number of carbonyl (C=O) groups excluding carboxylic acids is 3. The first-order valence-electron chi connectivity index (χ1n) is 16.9. The fourth-order valence-electron chi connectivity index (χ4n) is 6.79. The maximum Gasteiger partial charge on any atom is 0.252 e. The molecule has 3 amide bonds. The normalized spacial score (nSPS) is 18.7. The Hall–Kier alpha value is -4.64. The van der Waals surface area contributed by atoms with Crippen LogP contribution in [0.2, 0.25) is 0 Å². The molecular formula is C38H41F3N4O4. The van der Waals surface area contributed by atoms with Crippen molar-refractivity contribution in [1.82, 2.24) is 15.1 Å². The highest BCUT2D eigenvalue weighted by Crippen LogP contribution is 2.37. The summed E-state index contributed by atoms with van der Waals surface area (Å²) in [4.78, 5) is 42.8. The summed E-state index contributed by atoms with van der Waals surface area (Å²) in [5, 5.41) is 3.63. The van der Waals surface area contributed by atoms with Crippen molar-refractivity contribution in [1.29, 1.82) is 0 Å². The van der Waals surface area contributed by atoms with Crippen LogP contribution in [0.4, 0.5) is 13.2 Å². The van der Waals surface area contributed by atoms with Crippen LogP contribution in [-0.2, 0) is 27.3 Å². The zero-order valence-corrected chi connectivity index (χ0v) is 27.3. The largest absolute Gasteiger partial charge is 0.488 e. The second-order valence-corrected chi connectivity index (χ2v) is 13.1. The minimum absolute atomic E-state index is 0.00798. The molecule has 3 aromatic carbocycles. The molecule has 258 valence electrons. The van der Waals surface area contributed by atoms with Gasteiger partial charge >= 0.3 is 0 Å². The molecule has 0 radical (unpaired) electrons. The third-order valence-corrected chi connectivity index (χ3v) is 9.41. The second kappa shape index (κ2) is 15.3. The number of ether oxygens (including phenoxy) is 1. The maximum absolute atomic E-state index is 14.6. The van der Waals surface area contributed by atoms with Crippen molar-refractivity contribution in [2.75, 3.05) is 19.7 Å². The number of aryl methyl sites for hydroxylation is 1. The number of hydrogen-bond donors (Lipinski definition) is 2. The fraction of sp³-hybridized carbons (Fsp3) is 0.395. The predicted molar refractivity (Wildman–Crippen MR) is 178 cm³/mol. The van der Waals surface area contributed by atoms with E-state index in [4.69, 9.17) is 10.5 Å². The summed E-state index contributed by atoms with van der Waals surface area (Å²) in [6, 6.07) is 19.2. The average molecular weight is 675 g/mol. The van der Waals surface area contributed by atoms with Gasteiger partial charge in [-0.3, -0.25) is 14.4 Å². The zero-order valence-electron chi connectivity index (χ0n) is 27.3. The minimum Gasteiger partial charge on any atom is -0.488 e. The van der Waals surface area contributed by atoms with Gasteiger partial charge in [0.05, 0.1) is 12.6 Å². The van der Waals surface area contributed by atoms with Crippen LogP contribution in [0.5, 0.6) is 5.75 Å². The summed E-state index contributed by atoms with van der Waals surface area (Å²) in [5.74, 6) is -4.68. The fourth-order valence-corrected chi connectivity index (χ4v) is 6.79. The van der Waals surface area contributed by atoms with Crippen LogP contribution < -0.4 is 15.8 Å². The minimum atomic E-state index is -1.34. The molecule has 49 heavy (non-hydrogen) atoms. The number of carbonyl (C=O) groups is 3. The lowest BCUT2D eigenvalue weighted by Gasteiger charge is -2.45. The third kappa shape index (κ3) is 8.33. The molecule has 3 aliphatic rings. The summed E-state index contributed by atoms with van der Waals surface area (Å²) in [7, 11) is 0. The Morgan fingerprint density at radius 2 is 1.61 bits per heavy atom. The SMILES string of the molecule is NC(=O)CCCC(=O)N1CC2CC(c3ccc(CCCOc4c(F)ccc(F)c4F)cc3)=C(C(=O)N(Cc3ccccc3)C3CC3)[C@@H](C1)N2. The number of halogens is 3. The summed E-state index contributed by atoms with van der Waals surface area (Å²) in [6.07, 6.45) is 4.25. The predicted octanol–water partition coefficient (Wildman–Crippen LogP) is 5.29. The number of amides is 3. The van der Waals surface area contributed by atoms with Gasteiger partial charge in [0.2, 0.25) is 17.6 Å². The molecule has 2 heterocycles. The number of primary amides is 1. The molecule has 8 nitrogen and oxygen atoms in total. The lowest BCUT2D eigenvalue weighted by Crippen LogP contribution is -2.62. The molecule has 11 heteroatoms. The average Bonchev–Trinajstić information content (AvgIpc) is 3.94. The van der Waals surface area contributed by atoms with Crippen LogP contribution in [0.15, 0.2) is 72.3 Å². The Bertz CT molecular complexity index is 1710. The molecule has 3 N–H and O–H groups in total. The zero-order chi connectivity index (χ0) is 34.5. The van der Waals surface area contributed by atoms with Crippen molar-refractivity contribution in [2.24, 2.45) is 5.73 Å². The van der Waals surface area contributed by atoms with E-state index in [1.807, 2.05) is 64.4 Å². The Morgan fingerprint density at radius 1 is 0.878 bits per heavy atom. The molecule has 2 fully saturated rings. The smallest absolute Gasteiger partial charge is 0.252 e. The van der Waals surface area contributed by atoms with Gasteiger partial charge in [-0.05, 0) is 72.9 Å². The van der Waals surface area contributed by atoms with Gasteiger partial charge in [0.15, 0.2) is 17.4 Å². The summed E-state index contributed by atoms with van der Waals surface area (Å²) >= 11 is 0. The Labute approximate surface area is 284 Å². The summed E-state index contributed by atoms with van der Waals surface area (Å²) in [5.41, 5.74) is 9.88. The molecule has 1 unspecified atom stereocenters. The van der Waals surface area contributed by atoms with E-state index in [0.29, 0.717) is 50.9 Å². The Kier molecular flexibility index (Phi) is 10.7. The highest BCUT2D eigenvalue weighted by molar-refractivity contribution is 6.03. The molecule has 1 saturated heterocycles. The highest BCUT2D eigenvalue weighted by Gasteiger charge is 2.43. The van der Waals surface area contributed by atoms with Crippen molar-refractivity contribution in [3.8, 4) is 5.75 Å². The molecule has 2 atom stereocenters. The van der Waals surface area contributed by atoms with Gasteiger partial charge in [-0.25, -0.2) is 8.78 Å². The first-order chi connectivity index (χ1) is 23.7. The summed E-state index contributed by atoms with van der Waals surface area (Å²) in [6.45, 7) is 1.36. The molecule has 1 saturated carbocycles. The van der Waals surface area contributed by atoms with E-state index in [1.54, 1.807) is 0 Å². The van der Waals surface area contributed by atoms with Gasteiger partial charge < -0.3 is 25.6 Å². The van der Waals surface area contributed by atoms with Gasteiger partial charge in [0.1, 0.15) is 0 Å². The molecule has 3 aromatic rings. The molecule has 1 aliphatic carbocycles. The number of rotatable bonds is 14. The van der Waals surface area contributed by atoms with Crippen LogP contribution in [-0.4, -0.2) is 65.3 Å². The van der Waals surface area contributed by atoms with E-state index in [9.17, 15) is 27.6 Å². The number of benzene rings is 3. The van der Waals surface area contributed by atoms with E-state index in [0.717, 1.165) is 47.2 Å². The standard InChI is InChI=1S/C38H41F3N4O4/c39-30-17-18-31(40)37(36(30)41)49-19-5-8-24-11-13-26(14-12-24)29-20-27-22-44(34(47)10-4-9-33(42)46)23-32(43-27)35(29)38(48)45(28-15-16-28)21-25-6-2-1-3-7-25/h1-3,6-7,11-14,17-18,27-28,32,43H,4-5,8-10,15-16,19-23H2,(H2,42,46)/t27?,32-/m1/s1. The van der Waals surface area contributed by atoms with Crippen molar-refractivity contribution < 1.29 is 32.3 Å². The Morgan fingerprint density at radius 3 is 2.33 bits per heavy atom. The van der Waals surface area contributed by atoms with Crippen LogP contribution in [0, 0.1) is 17.5 Å². The first-order valence-corrected chi connectivity index (χ1v) is 16.9.